The molecule has 38 heavy (non-hydrogen) atoms. The zero-order valence-electron chi connectivity index (χ0n) is 22.2. The number of rotatable bonds is 4. The quantitative estimate of drug-likeness (QED) is 0.613. The van der Waals surface area contributed by atoms with Crippen LogP contribution in [-0.4, -0.2) is 97.3 Å². The van der Waals surface area contributed by atoms with Crippen LogP contribution in [0.2, 0.25) is 0 Å². The predicted molar refractivity (Wildman–Crippen MR) is 147 cm³/mol. The van der Waals surface area contributed by atoms with E-state index in [1.54, 1.807) is 0 Å². The van der Waals surface area contributed by atoms with Crippen molar-refractivity contribution >= 4 is 28.9 Å². The highest BCUT2D eigenvalue weighted by atomic mass is 16.5. The maximum atomic E-state index is 11.9. The molecule has 1 amide bonds. The Morgan fingerprint density at radius 1 is 1.08 bits per heavy atom. The molecule has 3 saturated heterocycles. The molecule has 10 heteroatoms. The molecule has 6 heterocycles. The number of hydrogen-bond acceptors (Lipinski definition) is 9. The molecule has 4 aliphatic heterocycles. The van der Waals surface area contributed by atoms with Crippen LogP contribution < -0.4 is 19.9 Å². The first kappa shape index (κ1) is 24.9. The molecular weight excluding hydrogens is 482 g/mol. The van der Waals surface area contributed by atoms with Crippen molar-refractivity contribution in [2.45, 2.75) is 32.4 Å². The van der Waals surface area contributed by atoms with Crippen molar-refractivity contribution < 1.29 is 14.3 Å². The van der Waals surface area contributed by atoms with Gasteiger partial charge in [-0.2, -0.15) is 0 Å². The average Bonchev–Trinajstić information content (AvgIpc) is 3.17. The molecule has 3 fully saturated rings. The van der Waals surface area contributed by atoms with E-state index in [1.165, 1.54) is 6.08 Å². The normalized spacial score (nSPS) is 20.6. The van der Waals surface area contributed by atoms with Crippen molar-refractivity contribution in [3.05, 3.63) is 42.2 Å². The number of carbonyl (C=O) groups is 1. The number of hydrogen-bond donors (Lipinski definition) is 1. The van der Waals surface area contributed by atoms with Crippen LogP contribution in [0.5, 0.6) is 5.75 Å². The molecule has 0 atom stereocenters. The number of piperazine rings is 1. The van der Waals surface area contributed by atoms with Gasteiger partial charge in [-0.3, -0.25) is 9.69 Å². The fourth-order valence-electron chi connectivity index (χ4n) is 6.08. The Morgan fingerprint density at radius 3 is 2.58 bits per heavy atom. The van der Waals surface area contributed by atoms with Crippen LogP contribution in [0.3, 0.4) is 0 Å². The smallest absolute Gasteiger partial charge is 0.246 e. The molecule has 202 valence electrons. The van der Waals surface area contributed by atoms with Gasteiger partial charge in [0, 0.05) is 76.4 Å². The van der Waals surface area contributed by atoms with Gasteiger partial charge in [0.25, 0.3) is 0 Å². The van der Waals surface area contributed by atoms with Crippen LogP contribution in [0.4, 0.5) is 23.0 Å². The molecule has 0 radical (unpaired) electrons. The largest absolute Gasteiger partial charge is 0.485 e. The zero-order valence-corrected chi connectivity index (χ0v) is 22.2. The number of nitrogens with zero attached hydrogens (tertiary/aromatic N) is 6. The van der Waals surface area contributed by atoms with Gasteiger partial charge in [0.1, 0.15) is 18.2 Å². The van der Waals surface area contributed by atoms with Gasteiger partial charge in [-0.15, -0.1) is 0 Å². The second kappa shape index (κ2) is 10.8. The van der Waals surface area contributed by atoms with Crippen LogP contribution in [0.15, 0.2) is 31.0 Å². The van der Waals surface area contributed by atoms with Gasteiger partial charge < -0.3 is 29.5 Å². The lowest BCUT2D eigenvalue weighted by Gasteiger charge is -2.43. The van der Waals surface area contributed by atoms with Crippen molar-refractivity contribution in [3.8, 4) is 5.75 Å². The van der Waals surface area contributed by atoms with Crippen molar-refractivity contribution in [2.75, 3.05) is 80.7 Å². The molecule has 6 rings (SSSR count). The van der Waals surface area contributed by atoms with E-state index in [9.17, 15) is 4.79 Å². The first-order chi connectivity index (χ1) is 18.6. The Bertz CT molecular complexity index is 1180. The maximum absolute atomic E-state index is 11.9. The SMILES string of the molecule is C=CC(=O)N1CCN(C2CCN(c3cc4c(c(C)n3)OCc3c(N5CCOCC5)ccnc3N4)CC2)CC1. The van der Waals surface area contributed by atoms with Crippen molar-refractivity contribution in [3.63, 3.8) is 0 Å². The van der Waals surface area contributed by atoms with Gasteiger partial charge in [0.05, 0.1) is 30.2 Å². The van der Waals surface area contributed by atoms with Gasteiger partial charge in [0.15, 0.2) is 5.75 Å². The molecule has 2 aromatic rings. The molecule has 0 unspecified atom stereocenters. The molecule has 2 aromatic heterocycles. The number of nitrogens with one attached hydrogen (secondary N) is 1. The molecule has 10 nitrogen and oxygen atoms in total. The van der Waals surface area contributed by atoms with E-state index in [1.807, 2.05) is 18.0 Å². The number of aryl methyl sites for hydroxylation is 1. The minimum atomic E-state index is 0.0388. The predicted octanol–water partition coefficient (Wildman–Crippen LogP) is 2.56. The van der Waals surface area contributed by atoms with E-state index >= 15 is 0 Å². The summed E-state index contributed by atoms with van der Waals surface area (Å²) in [5, 5.41) is 3.57. The number of amides is 1. The van der Waals surface area contributed by atoms with E-state index in [2.05, 4.69) is 43.7 Å². The summed E-state index contributed by atoms with van der Waals surface area (Å²) in [6, 6.07) is 4.73. The van der Waals surface area contributed by atoms with Crippen LogP contribution in [0.1, 0.15) is 24.1 Å². The minimum absolute atomic E-state index is 0.0388. The summed E-state index contributed by atoms with van der Waals surface area (Å²) in [5.41, 5.74) is 4.03. The number of pyridine rings is 2. The van der Waals surface area contributed by atoms with Crippen molar-refractivity contribution in [1.29, 1.82) is 0 Å². The highest BCUT2D eigenvalue weighted by Crippen LogP contribution is 2.40. The number of anilines is 4. The van der Waals surface area contributed by atoms with Crippen molar-refractivity contribution in [2.24, 2.45) is 0 Å². The average molecular weight is 520 g/mol. The highest BCUT2D eigenvalue weighted by Gasteiger charge is 2.30. The number of carbonyl (C=O) groups excluding carboxylic acids is 1. The molecule has 0 aliphatic carbocycles. The lowest BCUT2D eigenvalue weighted by atomic mass is 10.0. The van der Waals surface area contributed by atoms with Crippen LogP contribution in [0.25, 0.3) is 0 Å². The van der Waals surface area contributed by atoms with E-state index in [0.717, 1.165) is 118 Å². The van der Waals surface area contributed by atoms with Crippen LogP contribution in [0, 0.1) is 6.92 Å². The zero-order chi connectivity index (χ0) is 26.1. The fourth-order valence-corrected chi connectivity index (χ4v) is 6.08. The number of morpholine rings is 1. The third-order valence-corrected chi connectivity index (χ3v) is 8.23. The number of piperidine rings is 1. The van der Waals surface area contributed by atoms with Gasteiger partial charge in [-0.1, -0.05) is 6.58 Å². The first-order valence-corrected chi connectivity index (χ1v) is 13.7. The summed E-state index contributed by atoms with van der Waals surface area (Å²) < 4.78 is 11.9. The second-order valence-corrected chi connectivity index (χ2v) is 10.4. The lowest BCUT2D eigenvalue weighted by molar-refractivity contribution is -0.128. The molecule has 0 spiro atoms. The number of ether oxygens (including phenoxy) is 2. The van der Waals surface area contributed by atoms with Crippen molar-refractivity contribution in [1.82, 2.24) is 19.8 Å². The van der Waals surface area contributed by atoms with Gasteiger partial charge in [-0.25, -0.2) is 9.97 Å². The summed E-state index contributed by atoms with van der Waals surface area (Å²) >= 11 is 0. The summed E-state index contributed by atoms with van der Waals surface area (Å²) in [5.74, 6) is 2.65. The highest BCUT2D eigenvalue weighted by molar-refractivity contribution is 5.87. The monoisotopic (exact) mass is 519 g/mol. The minimum Gasteiger partial charge on any atom is -0.485 e. The molecular formula is C28H37N7O3. The van der Waals surface area contributed by atoms with E-state index in [4.69, 9.17) is 14.5 Å². The maximum Gasteiger partial charge on any atom is 0.246 e. The first-order valence-electron chi connectivity index (χ1n) is 13.7. The summed E-state index contributed by atoms with van der Waals surface area (Å²) in [4.78, 5) is 30.7. The third-order valence-electron chi connectivity index (χ3n) is 8.23. The Hall–Kier alpha value is -3.37. The van der Waals surface area contributed by atoms with E-state index in [-0.39, 0.29) is 5.91 Å². The molecule has 0 aromatic carbocycles. The molecule has 0 bridgehead atoms. The summed E-state index contributed by atoms with van der Waals surface area (Å²) in [6.45, 7) is 14.6. The van der Waals surface area contributed by atoms with E-state index < -0.39 is 0 Å². The number of fused-ring (bicyclic) bond motifs is 2. The summed E-state index contributed by atoms with van der Waals surface area (Å²) in [6.07, 6.45) is 5.46. The Kier molecular flexibility index (Phi) is 7.08. The number of aromatic nitrogens is 2. The van der Waals surface area contributed by atoms with Crippen LogP contribution >= 0.6 is 0 Å². The Labute approximate surface area is 224 Å². The molecule has 0 saturated carbocycles. The topological polar surface area (TPSA) is 86.3 Å². The standard InChI is InChI=1S/C28H37N7O3/c1-3-26(36)35-12-10-32(11-13-35)21-5-8-34(9-6-21)25-18-23-27(20(2)30-25)38-19-22-24(4-7-29-28(22)31-23)33-14-16-37-17-15-33/h3-4,7,18,21H,1,5-6,8-17,19H2,2H3,(H,29,31). The Morgan fingerprint density at radius 2 is 1.84 bits per heavy atom. The third kappa shape index (κ3) is 4.90. The second-order valence-electron chi connectivity index (χ2n) is 10.4. The van der Waals surface area contributed by atoms with Gasteiger partial charge in [-0.05, 0) is 31.9 Å². The molecule has 1 N–H and O–H groups in total. The summed E-state index contributed by atoms with van der Waals surface area (Å²) in [7, 11) is 0. The Balaban J connectivity index is 1.14. The van der Waals surface area contributed by atoms with Gasteiger partial charge in [0.2, 0.25) is 5.91 Å². The lowest BCUT2D eigenvalue weighted by Crippen LogP contribution is -2.54. The van der Waals surface area contributed by atoms with E-state index in [0.29, 0.717) is 12.6 Å². The van der Waals surface area contributed by atoms with Crippen LogP contribution in [-0.2, 0) is 16.1 Å². The van der Waals surface area contributed by atoms with Gasteiger partial charge >= 0.3 is 0 Å². The fraction of sp³-hybridized carbons (Fsp3) is 0.536. The molecule has 4 aliphatic rings.